The molecule has 2 aromatic heterocycles. The highest BCUT2D eigenvalue weighted by Crippen LogP contribution is 2.36. The second-order valence-corrected chi connectivity index (χ2v) is 9.78. The number of alkyl halides is 3. The molecule has 3 amide bonds. The molecule has 0 saturated heterocycles. The maximum Gasteiger partial charge on any atom is 0.416 e. The van der Waals surface area contributed by atoms with Crippen LogP contribution >= 0.6 is 0 Å². The largest absolute Gasteiger partial charge is 0.416 e. The van der Waals surface area contributed by atoms with E-state index in [1.807, 2.05) is 6.92 Å². The Morgan fingerprint density at radius 3 is 2.40 bits per heavy atom. The third-order valence-corrected chi connectivity index (χ3v) is 6.98. The minimum Gasteiger partial charge on any atom is -0.322 e. The summed E-state index contributed by atoms with van der Waals surface area (Å²) in [6.07, 6.45) is -1.62. The average molecular weight is 580 g/mol. The zero-order chi connectivity index (χ0) is 30.3. The van der Waals surface area contributed by atoms with Gasteiger partial charge in [-0.05, 0) is 72.5 Å². The third kappa shape index (κ3) is 5.22. The first kappa shape index (κ1) is 27.4. The Labute approximate surface area is 242 Å². The molecule has 1 N–H and O–H groups in total. The van der Waals surface area contributed by atoms with E-state index in [9.17, 15) is 27.6 Å². The zero-order valence-corrected chi connectivity index (χ0v) is 22.4. The molecule has 3 aromatic carbocycles. The summed E-state index contributed by atoms with van der Waals surface area (Å²) < 4.78 is 43.8. The summed E-state index contributed by atoms with van der Waals surface area (Å²) >= 11 is 0. The van der Waals surface area contributed by atoms with Gasteiger partial charge >= 0.3 is 6.18 Å². The first-order valence-electron chi connectivity index (χ1n) is 13.0. The van der Waals surface area contributed by atoms with Gasteiger partial charge in [-0.2, -0.15) is 18.3 Å². The molecule has 11 heteroatoms. The minimum absolute atomic E-state index is 0.103. The van der Waals surface area contributed by atoms with Crippen molar-refractivity contribution in [3.8, 4) is 11.8 Å². The number of halogens is 3. The number of benzene rings is 3. The molecule has 0 atom stereocenters. The van der Waals surface area contributed by atoms with Crippen LogP contribution in [0.2, 0.25) is 0 Å². The number of hydrogen-bond acceptors (Lipinski definition) is 5. The molecule has 5 aromatic rings. The van der Waals surface area contributed by atoms with Crippen LogP contribution in [0.25, 0.3) is 5.65 Å². The molecular formula is C32H20F3N5O3. The van der Waals surface area contributed by atoms with Crippen LogP contribution < -0.4 is 5.32 Å². The molecule has 212 valence electrons. The highest BCUT2D eigenvalue weighted by molar-refractivity contribution is 6.21. The van der Waals surface area contributed by atoms with Gasteiger partial charge in [-0.3, -0.25) is 19.3 Å². The number of imidazole rings is 1. The quantitative estimate of drug-likeness (QED) is 0.224. The standard InChI is InChI=1S/C32H20F3N5O3/c1-19-8-9-21(15-20(19)11-13-24-17-36-28-7-4-14-37-40(24)28)29(41)38-23-12-10-22(27(16-23)32(33,34)35)18-39-30(42)25-5-2-3-6-26(25)31(39)43/h2-10,12,14-17H,18H2,1H3,(H,38,41). The second kappa shape index (κ2) is 10.6. The van der Waals surface area contributed by atoms with Crippen molar-refractivity contribution in [1.82, 2.24) is 19.5 Å². The van der Waals surface area contributed by atoms with E-state index in [0.717, 1.165) is 22.6 Å². The fourth-order valence-corrected chi connectivity index (χ4v) is 4.76. The normalized spacial score (nSPS) is 12.7. The highest BCUT2D eigenvalue weighted by Gasteiger charge is 2.39. The summed E-state index contributed by atoms with van der Waals surface area (Å²) in [4.78, 5) is 43.5. The van der Waals surface area contributed by atoms with Crippen LogP contribution in [0.1, 0.15) is 59.0 Å². The van der Waals surface area contributed by atoms with E-state index >= 15 is 0 Å². The lowest BCUT2D eigenvalue weighted by Crippen LogP contribution is -2.30. The number of carbonyl (C=O) groups excluding carboxylic acids is 3. The number of carbonyl (C=O) groups is 3. The van der Waals surface area contributed by atoms with Crippen LogP contribution in [-0.2, 0) is 12.7 Å². The SMILES string of the molecule is Cc1ccc(C(=O)Nc2ccc(CN3C(=O)c4ccccc4C3=O)c(C(F)(F)F)c2)cc1C#Cc1cnc2cccnn12. The summed E-state index contributed by atoms with van der Waals surface area (Å²) in [5.74, 6) is 4.04. The number of fused-ring (bicyclic) bond motifs is 2. The molecule has 6 rings (SSSR count). The maximum atomic E-state index is 14.1. The van der Waals surface area contributed by atoms with Crippen LogP contribution in [-0.4, -0.2) is 37.2 Å². The van der Waals surface area contributed by atoms with Crippen molar-refractivity contribution in [1.29, 1.82) is 0 Å². The van der Waals surface area contributed by atoms with Gasteiger partial charge in [0.05, 0.1) is 29.4 Å². The Morgan fingerprint density at radius 1 is 0.930 bits per heavy atom. The predicted molar refractivity (Wildman–Crippen MR) is 150 cm³/mol. The lowest BCUT2D eigenvalue weighted by atomic mass is 10.0. The molecule has 0 saturated carbocycles. The van der Waals surface area contributed by atoms with Gasteiger partial charge in [-0.15, -0.1) is 0 Å². The van der Waals surface area contributed by atoms with Gasteiger partial charge in [0.2, 0.25) is 0 Å². The monoisotopic (exact) mass is 579 g/mol. The molecular weight excluding hydrogens is 559 g/mol. The molecule has 1 aliphatic heterocycles. The van der Waals surface area contributed by atoms with Gasteiger partial charge in [0.25, 0.3) is 17.7 Å². The number of rotatable bonds is 4. The van der Waals surface area contributed by atoms with E-state index in [-0.39, 0.29) is 27.9 Å². The van der Waals surface area contributed by atoms with Crippen molar-refractivity contribution in [2.45, 2.75) is 19.6 Å². The Bertz CT molecular complexity index is 1990. The lowest BCUT2D eigenvalue weighted by molar-refractivity contribution is -0.138. The van der Waals surface area contributed by atoms with Crippen LogP contribution in [0.5, 0.6) is 0 Å². The summed E-state index contributed by atoms with van der Waals surface area (Å²) in [6, 6.07) is 17.6. The van der Waals surface area contributed by atoms with Crippen LogP contribution in [0, 0.1) is 18.8 Å². The van der Waals surface area contributed by atoms with Crippen LogP contribution in [0.3, 0.4) is 0 Å². The molecule has 0 fully saturated rings. The summed E-state index contributed by atoms with van der Waals surface area (Å²) in [7, 11) is 0. The molecule has 0 bridgehead atoms. The topological polar surface area (TPSA) is 96.7 Å². The van der Waals surface area contributed by atoms with Gasteiger partial charge < -0.3 is 5.32 Å². The zero-order valence-electron chi connectivity index (χ0n) is 22.4. The van der Waals surface area contributed by atoms with E-state index in [2.05, 4.69) is 27.2 Å². The molecule has 3 heterocycles. The van der Waals surface area contributed by atoms with Gasteiger partial charge in [-0.25, -0.2) is 9.50 Å². The fourth-order valence-electron chi connectivity index (χ4n) is 4.76. The molecule has 0 radical (unpaired) electrons. The van der Waals surface area contributed by atoms with Crippen molar-refractivity contribution < 1.29 is 27.6 Å². The van der Waals surface area contributed by atoms with Gasteiger partial charge in [0, 0.05) is 23.0 Å². The number of anilines is 1. The van der Waals surface area contributed by atoms with Gasteiger partial charge in [0.1, 0.15) is 5.69 Å². The maximum absolute atomic E-state index is 14.1. The first-order chi connectivity index (χ1) is 20.6. The number of aromatic nitrogens is 3. The Kier molecular flexibility index (Phi) is 6.74. The minimum atomic E-state index is -4.81. The molecule has 0 spiro atoms. The number of hydrogen-bond donors (Lipinski definition) is 1. The van der Waals surface area contributed by atoms with Gasteiger partial charge in [-0.1, -0.05) is 30.2 Å². The third-order valence-electron chi connectivity index (χ3n) is 6.98. The van der Waals surface area contributed by atoms with Gasteiger partial charge in [0.15, 0.2) is 5.65 Å². The number of imide groups is 1. The molecule has 1 aliphatic rings. The van der Waals surface area contributed by atoms with E-state index in [1.165, 1.54) is 18.2 Å². The smallest absolute Gasteiger partial charge is 0.322 e. The van der Waals surface area contributed by atoms with E-state index in [4.69, 9.17) is 0 Å². The molecule has 43 heavy (non-hydrogen) atoms. The fraction of sp³-hybridized carbons (Fsp3) is 0.0938. The number of aryl methyl sites for hydroxylation is 1. The number of nitrogens with zero attached hydrogens (tertiary/aromatic N) is 4. The first-order valence-corrected chi connectivity index (χ1v) is 13.0. The second-order valence-electron chi connectivity index (χ2n) is 9.78. The van der Waals surface area contributed by atoms with Crippen molar-refractivity contribution in [3.63, 3.8) is 0 Å². The average Bonchev–Trinajstić information content (AvgIpc) is 3.51. The Hall–Kier alpha value is -5.76. The van der Waals surface area contributed by atoms with Crippen molar-refractivity contribution >= 4 is 29.1 Å². The molecule has 8 nitrogen and oxygen atoms in total. The van der Waals surface area contributed by atoms with E-state index in [0.29, 0.717) is 16.9 Å². The predicted octanol–water partition coefficient (Wildman–Crippen LogP) is 5.50. The van der Waals surface area contributed by atoms with Crippen molar-refractivity contribution in [2.75, 3.05) is 5.32 Å². The number of nitrogens with one attached hydrogen (secondary N) is 1. The van der Waals surface area contributed by atoms with Crippen LogP contribution in [0.4, 0.5) is 18.9 Å². The summed E-state index contributed by atoms with van der Waals surface area (Å²) in [5.41, 5.74) is 1.53. The van der Waals surface area contributed by atoms with E-state index in [1.54, 1.807) is 59.4 Å². The Balaban J connectivity index is 1.24. The molecule has 0 aliphatic carbocycles. The molecule has 0 unspecified atom stereocenters. The van der Waals surface area contributed by atoms with Crippen molar-refractivity contribution in [3.05, 3.63) is 130 Å². The summed E-state index contributed by atoms with van der Waals surface area (Å²) in [5, 5.41) is 6.72. The van der Waals surface area contributed by atoms with Crippen molar-refractivity contribution in [2.24, 2.45) is 0 Å². The Morgan fingerprint density at radius 2 is 1.67 bits per heavy atom. The van der Waals surface area contributed by atoms with E-state index < -0.39 is 36.0 Å². The van der Waals surface area contributed by atoms with Crippen LogP contribution in [0.15, 0.2) is 85.2 Å². The number of amides is 3. The summed E-state index contributed by atoms with van der Waals surface area (Å²) in [6.45, 7) is 1.25. The lowest BCUT2D eigenvalue weighted by Gasteiger charge is -2.19. The highest BCUT2D eigenvalue weighted by atomic mass is 19.4.